The van der Waals surface area contributed by atoms with Crippen molar-refractivity contribution in [1.29, 1.82) is 0 Å². The van der Waals surface area contributed by atoms with Gasteiger partial charge in [0.1, 0.15) is 11.6 Å². The standard InChI is InChI=1S/C13H16F2N2O/c14-10-3-1-4-11(15)9(10)7-12(18)17-13(8-16)5-2-6-13/h1,3-4H,2,5-8,16H2,(H,17,18). The minimum absolute atomic E-state index is 0.193. The van der Waals surface area contributed by atoms with Crippen LogP contribution in [0.2, 0.25) is 0 Å². The molecule has 0 atom stereocenters. The summed E-state index contributed by atoms with van der Waals surface area (Å²) < 4.78 is 26.8. The first-order chi connectivity index (χ1) is 8.56. The Bertz CT molecular complexity index is 433. The van der Waals surface area contributed by atoms with Crippen molar-refractivity contribution in [3.05, 3.63) is 35.4 Å². The van der Waals surface area contributed by atoms with Crippen molar-refractivity contribution in [3.8, 4) is 0 Å². The highest BCUT2D eigenvalue weighted by molar-refractivity contribution is 5.79. The van der Waals surface area contributed by atoms with E-state index in [0.29, 0.717) is 6.54 Å². The summed E-state index contributed by atoms with van der Waals surface area (Å²) in [6, 6.07) is 3.57. The molecule has 0 radical (unpaired) electrons. The predicted molar refractivity (Wildman–Crippen MR) is 63.8 cm³/mol. The largest absolute Gasteiger partial charge is 0.349 e. The molecule has 0 spiro atoms. The van der Waals surface area contributed by atoms with Crippen LogP contribution in [-0.4, -0.2) is 18.0 Å². The summed E-state index contributed by atoms with van der Waals surface area (Å²) in [7, 11) is 0. The Balaban J connectivity index is 2.03. The van der Waals surface area contributed by atoms with Crippen LogP contribution in [0.1, 0.15) is 24.8 Å². The van der Waals surface area contributed by atoms with E-state index in [0.717, 1.165) is 31.4 Å². The van der Waals surface area contributed by atoms with Gasteiger partial charge in [0.15, 0.2) is 0 Å². The fourth-order valence-electron chi connectivity index (χ4n) is 2.19. The van der Waals surface area contributed by atoms with Crippen molar-refractivity contribution in [1.82, 2.24) is 5.32 Å². The lowest BCUT2D eigenvalue weighted by atomic mass is 9.76. The quantitative estimate of drug-likeness (QED) is 0.855. The van der Waals surface area contributed by atoms with Gasteiger partial charge in [-0.1, -0.05) is 6.07 Å². The molecule has 0 saturated heterocycles. The maximum Gasteiger partial charge on any atom is 0.225 e. The molecule has 18 heavy (non-hydrogen) atoms. The Labute approximate surface area is 104 Å². The number of carbonyl (C=O) groups is 1. The summed E-state index contributed by atoms with van der Waals surface area (Å²) in [5, 5.41) is 2.79. The highest BCUT2D eigenvalue weighted by atomic mass is 19.1. The molecular weight excluding hydrogens is 238 g/mol. The Kier molecular flexibility index (Phi) is 3.61. The van der Waals surface area contributed by atoms with Gasteiger partial charge in [0.05, 0.1) is 12.0 Å². The number of nitrogens with one attached hydrogen (secondary N) is 1. The number of halogens is 2. The molecule has 1 aliphatic rings. The molecule has 3 nitrogen and oxygen atoms in total. The molecule has 1 aliphatic carbocycles. The Morgan fingerprint density at radius 1 is 1.33 bits per heavy atom. The predicted octanol–water partition coefficient (Wildman–Crippen LogP) is 1.50. The third-order valence-electron chi connectivity index (χ3n) is 3.51. The van der Waals surface area contributed by atoms with E-state index in [1.807, 2.05) is 0 Å². The van der Waals surface area contributed by atoms with E-state index < -0.39 is 11.6 Å². The molecule has 0 unspecified atom stereocenters. The van der Waals surface area contributed by atoms with Gasteiger partial charge < -0.3 is 11.1 Å². The SMILES string of the molecule is NCC1(NC(=O)Cc2c(F)cccc2F)CCC1. The summed E-state index contributed by atoms with van der Waals surface area (Å²) in [5.74, 6) is -1.77. The van der Waals surface area contributed by atoms with Crippen molar-refractivity contribution in [2.24, 2.45) is 5.73 Å². The first kappa shape index (κ1) is 13.0. The Morgan fingerprint density at radius 3 is 2.39 bits per heavy atom. The number of nitrogens with two attached hydrogens (primary N) is 1. The molecule has 0 heterocycles. The summed E-state index contributed by atoms with van der Waals surface area (Å²) in [4.78, 5) is 11.8. The number of rotatable bonds is 4. The highest BCUT2D eigenvalue weighted by Gasteiger charge is 2.36. The van der Waals surface area contributed by atoms with Crippen molar-refractivity contribution < 1.29 is 13.6 Å². The van der Waals surface area contributed by atoms with Crippen molar-refractivity contribution in [3.63, 3.8) is 0 Å². The fourth-order valence-corrected chi connectivity index (χ4v) is 2.19. The lowest BCUT2D eigenvalue weighted by Crippen LogP contribution is -2.58. The van der Waals surface area contributed by atoms with Crippen LogP contribution >= 0.6 is 0 Å². The van der Waals surface area contributed by atoms with E-state index in [1.54, 1.807) is 0 Å². The van der Waals surface area contributed by atoms with Gasteiger partial charge in [0.2, 0.25) is 5.91 Å². The van der Waals surface area contributed by atoms with Gasteiger partial charge in [-0.25, -0.2) is 8.78 Å². The third-order valence-corrected chi connectivity index (χ3v) is 3.51. The highest BCUT2D eigenvalue weighted by Crippen LogP contribution is 2.30. The summed E-state index contributed by atoms with van der Waals surface area (Å²) in [5.41, 5.74) is 5.05. The van der Waals surface area contributed by atoms with Crippen LogP contribution in [0.5, 0.6) is 0 Å². The zero-order valence-corrected chi connectivity index (χ0v) is 10.0. The van der Waals surface area contributed by atoms with Crippen LogP contribution in [0.25, 0.3) is 0 Å². The van der Waals surface area contributed by atoms with E-state index in [2.05, 4.69) is 5.32 Å². The second kappa shape index (κ2) is 5.02. The average Bonchev–Trinajstić information content (AvgIpc) is 2.29. The molecule has 98 valence electrons. The van der Waals surface area contributed by atoms with Crippen LogP contribution in [-0.2, 0) is 11.2 Å². The lowest BCUT2D eigenvalue weighted by molar-refractivity contribution is -0.123. The topological polar surface area (TPSA) is 55.1 Å². The molecule has 0 aromatic heterocycles. The number of amides is 1. The van der Waals surface area contributed by atoms with E-state index >= 15 is 0 Å². The molecule has 1 aromatic carbocycles. The minimum Gasteiger partial charge on any atom is -0.349 e. The molecule has 0 bridgehead atoms. The molecule has 5 heteroatoms. The second-order valence-corrected chi connectivity index (χ2v) is 4.76. The monoisotopic (exact) mass is 254 g/mol. The summed E-state index contributed by atoms with van der Waals surface area (Å²) >= 11 is 0. The van der Waals surface area contributed by atoms with E-state index in [9.17, 15) is 13.6 Å². The molecular formula is C13H16F2N2O. The van der Waals surface area contributed by atoms with Crippen LogP contribution < -0.4 is 11.1 Å². The number of hydrogen-bond acceptors (Lipinski definition) is 2. The molecule has 3 N–H and O–H groups in total. The molecule has 0 aliphatic heterocycles. The average molecular weight is 254 g/mol. The molecule has 1 amide bonds. The van der Waals surface area contributed by atoms with Gasteiger partial charge in [-0.3, -0.25) is 4.79 Å². The number of hydrogen-bond donors (Lipinski definition) is 2. The van der Waals surface area contributed by atoms with Crippen molar-refractivity contribution >= 4 is 5.91 Å². The van der Waals surface area contributed by atoms with Crippen LogP contribution in [0.4, 0.5) is 8.78 Å². The Hall–Kier alpha value is -1.49. The zero-order valence-electron chi connectivity index (χ0n) is 10.0. The number of carbonyl (C=O) groups excluding carboxylic acids is 1. The maximum absolute atomic E-state index is 13.4. The molecule has 2 rings (SSSR count). The molecule has 1 aromatic rings. The van der Waals surface area contributed by atoms with E-state index in [-0.39, 0.29) is 23.4 Å². The van der Waals surface area contributed by atoms with Crippen molar-refractivity contribution in [2.75, 3.05) is 6.54 Å². The van der Waals surface area contributed by atoms with Gasteiger partial charge in [-0.15, -0.1) is 0 Å². The molecule has 1 fully saturated rings. The molecule has 1 saturated carbocycles. The third kappa shape index (κ3) is 2.51. The smallest absolute Gasteiger partial charge is 0.225 e. The number of benzene rings is 1. The van der Waals surface area contributed by atoms with Gasteiger partial charge >= 0.3 is 0 Å². The van der Waals surface area contributed by atoms with Crippen LogP contribution in [0.15, 0.2) is 18.2 Å². The van der Waals surface area contributed by atoms with Crippen molar-refractivity contribution in [2.45, 2.75) is 31.2 Å². The zero-order chi connectivity index (χ0) is 13.2. The summed E-state index contributed by atoms with van der Waals surface area (Å²) in [6.45, 7) is 0.360. The van der Waals surface area contributed by atoms with E-state index in [4.69, 9.17) is 5.73 Å². The van der Waals surface area contributed by atoms with Gasteiger partial charge in [0.25, 0.3) is 0 Å². The normalized spacial score (nSPS) is 17.1. The second-order valence-electron chi connectivity index (χ2n) is 4.76. The summed E-state index contributed by atoms with van der Waals surface area (Å²) in [6.07, 6.45) is 2.38. The van der Waals surface area contributed by atoms with Gasteiger partial charge in [-0.2, -0.15) is 0 Å². The minimum atomic E-state index is -0.694. The van der Waals surface area contributed by atoms with Crippen LogP contribution in [0, 0.1) is 11.6 Å². The first-order valence-electron chi connectivity index (χ1n) is 6.00. The van der Waals surface area contributed by atoms with E-state index in [1.165, 1.54) is 6.07 Å². The van der Waals surface area contributed by atoms with Crippen LogP contribution in [0.3, 0.4) is 0 Å². The first-order valence-corrected chi connectivity index (χ1v) is 6.00. The Morgan fingerprint density at radius 2 is 1.94 bits per heavy atom. The fraction of sp³-hybridized carbons (Fsp3) is 0.462. The maximum atomic E-state index is 13.4. The van der Waals surface area contributed by atoms with Gasteiger partial charge in [0, 0.05) is 12.1 Å². The lowest BCUT2D eigenvalue weighted by Gasteiger charge is -2.41. The van der Waals surface area contributed by atoms with Gasteiger partial charge in [-0.05, 0) is 31.4 Å².